The van der Waals surface area contributed by atoms with Gasteiger partial charge in [0.15, 0.2) is 0 Å². The first-order valence-corrected chi connectivity index (χ1v) is 11.3. The molecule has 2 aliphatic rings. The van der Waals surface area contributed by atoms with Crippen molar-refractivity contribution in [3.63, 3.8) is 0 Å². The van der Waals surface area contributed by atoms with E-state index in [1.807, 2.05) is 23.1 Å². The number of rotatable bonds is 3. The topological polar surface area (TPSA) is 53.0 Å². The van der Waals surface area contributed by atoms with Crippen LogP contribution in [0.1, 0.15) is 58.2 Å². The Kier molecular flexibility index (Phi) is 6.37. The molecule has 0 atom stereocenters. The molecule has 2 fully saturated rings. The summed E-state index contributed by atoms with van der Waals surface area (Å²) >= 11 is 1.59. The van der Waals surface area contributed by atoms with E-state index in [1.165, 1.54) is 0 Å². The van der Waals surface area contributed by atoms with Crippen LogP contribution in [0.3, 0.4) is 0 Å². The van der Waals surface area contributed by atoms with E-state index in [1.54, 1.807) is 11.8 Å². The van der Waals surface area contributed by atoms with Crippen molar-refractivity contribution < 1.29 is 14.6 Å². The number of carbonyl (C=O) groups is 1. The minimum absolute atomic E-state index is 0.0872. The Bertz CT molecular complexity index is 764. The number of ether oxygens (including phenoxy) is 1. The van der Waals surface area contributed by atoms with Gasteiger partial charge < -0.3 is 14.7 Å². The van der Waals surface area contributed by atoms with Crippen LogP contribution in [0.4, 0.5) is 0 Å². The number of morpholine rings is 1. The molecule has 1 aromatic carbocycles. The Morgan fingerprint density at radius 2 is 1.62 bits per heavy atom. The van der Waals surface area contributed by atoms with Crippen molar-refractivity contribution in [1.82, 2.24) is 9.80 Å². The van der Waals surface area contributed by atoms with Gasteiger partial charge in [-0.2, -0.15) is 0 Å². The minimum Gasteiger partial charge on any atom is -0.507 e. The Morgan fingerprint density at radius 1 is 1.07 bits per heavy atom. The van der Waals surface area contributed by atoms with E-state index in [0.29, 0.717) is 18.3 Å². The molecule has 3 rings (SSSR count). The van der Waals surface area contributed by atoms with Crippen molar-refractivity contribution in [2.24, 2.45) is 0 Å². The molecular weight excluding hydrogens is 384 g/mol. The molecule has 1 amide bonds. The molecule has 0 aromatic heterocycles. The van der Waals surface area contributed by atoms with Crippen LogP contribution in [0.15, 0.2) is 17.0 Å². The van der Waals surface area contributed by atoms with Crippen LogP contribution in [0.2, 0.25) is 0 Å². The molecule has 29 heavy (non-hydrogen) atoms. The third-order valence-electron chi connectivity index (χ3n) is 5.39. The number of carbonyl (C=O) groups excluding carboxylic acids is 1. The molecule has 0 unspecified atom stereocenters. The van der Waals surface area contributed by atoms with Crippen LogP contribution in [-0.2, 0) is 20.4 Å². The average molecular weight is 419 g/mol. The number of hydrogen-bond acceptors (Lipinski definition) is 5. The first-order chi connectivity index (χ1) is 13.5. The lowest BCUT2D eigenvalue weighted by Crippen LogP contribution is -2.44. The quantitative estimate of drug-likeness (QED) is 0.748. The zero-order chi connectivity index (χ0) is 21.4. The van der Waals surface area contributed by atoms with E-state index in [0.717, 1.165) is 47.9 Å². The maximum atomic E-state index is 12.9. The van der Waals surface area contributed by atoms with Gasteiger partial charge in [-0.25, -0.2) is 0 Å². The van der Waals surface area contributed by atoms with Crippen molar-refractivity contribution in [3.05, 3.63) is 33.7 Å². The molecule has 0 saturated carbocycles. The van der Waals surface area contributed by atoms with Gasteiger partial charge in [-0.15, -0.1) is 0 Å². The summed E-state index contributed by atoms with van der Waals surface area (Å²) < 4.78 is 5.40. The molecule has 2 heterocycles. The van der Waals surface area contributed by atoms with Crippen molar-refractivity contribution in [1.29, 1.82) is 0 Å². The lowest BCUT2D eigenvalue weighted by atomic mass is 9.78. The molecule has 0 spiro atoms. The van der Waals surface area contributed by atoms with Crippen LogP contribution in [-0.4, -0.2) is 59.7 Å². The first kappa shape index (κ1) is 22.2. The van der Waals surface area contributed by atoms with Gasteiger partial charge in [0.05, 0.1) is 30.7 Å². The van der Waals surface area contributed by atoms with E-state index < -0.39 is 0 Å². The largest absolute Gasteiger partial charge is 0.507 e. The zero-order valence-electron chi connectivity index (χ0n) is 18.5. The van der Waals surface area contributed by atoms with Crippen molar-refractivity contribution in [3.8, 4) is 5.75 Å². The molecule has 6 heteroatoms. The smallest absolute Gasteiger partial charge is 0.262 e. The second-order valence-electron chi connectivity index (χ2n) is 9.96. The fourth-order valence-corrected chi connectivity index (χ4v) is 4.62. The minimum atomic E-state index is -0.187. The van der Waals surface area contributed by atoms with Crippen LogP contribution in [0, 0.1) is 0 Å². The summed E-state index contributed by atoms with van der Waals surface area (Å²) in [6, 6.07) is 4.05. The predicted molar refractivity (Wildman–Crippen MR) is 120 cm³/mol. The highest BCUT2D eigenvalue weighted by atomic mass is 32.2. The summed E-state index contributed by atoms with van der Waals surface area (Å²) in [6.07, 6.45) is 1.98. The number of phenolic OH excluding ortho intramolecular Hbond substituents is 1. The van der Waals surface area contributed by atoms with Gasteiger partial charge in [-0.1, -0.05) is 53.3 Å². The molecule has 1 N–H and O–H groups in total. The van der Waals surface area contributed by atoms with Crippen LogP contribution >= 0.6 is 11.8 Å². The normalized spacial score (nSPS) is 20.7. The molecule has 2 saturated heterocycles. The van der Waals surface area contributed by atoms with Crippen molar-refractivity contribution in [2.75, 3.05) is 38.8 Å². The van der Waals surface area contributed by atoms with Crippen LogP contribution < -0.4 is 0 Å². The molecular formula is C23H34N2O3S. The predicted octanol–water partition coefficient (Wildman–Crippen LogP) is 4.15. The van der Waals surface area contributed by atoms with Gasteiger partial charge in [-0.05, 0) is 34.6 Å². The standard InChI is InChI=1S/C23H34N2O3S/c1-22(2,3)17-11-16(12-18(20(17)26)23(4,5)6)13-19-21(27)25(15-29-19)14-24-7-9-28-10-8-24/h11-13,26H,7-10,14-15H2,1-6H3. The SMILES string of the molecule is CC(C)(C)c1cc(C=C2SCN(CN3CCOCC3)C2=O)cc(C(C)(C)C)c1O. The maximum absolute atomic E-state index is 12.9. The van der Waals surface area contributed by atoms with Gasteiger partial charge in [0.1, 0.15) is 5.75 Å². The highest BCUT2D eigenvalue weighted by Gasteiger charge is 2.30. The highest BCUT2D eigenvalue weighted by molar-refractivity contribution is 8.04. The summed E-state index contributed by atoms with van der Waals surface area (Å²) in [4.78, 5) is 17.9. The number of thioether (sulfide) groups is 1. The Hall–Kier alpha value is -1.50. The highest BCUT2D eigenvalue weighted by Crippen LogP contribution is 2.41. The molecule has 5 nitrogen and oxygen atoms in total. The fourth-order valence-electron chi connectivity index (χ4n) is 3.65. The first-order valence-electron chi connectivity index (χ1n) is 10.3. The van der Waals surface area contributed by atoms with Gasteiger partial charge >= 0.3 is 0 Å². The van der Waals surface area contributed by atoms with Crippen molar-refractivity contribution in [2.45, 2.75) is 52.4 Å². The van der Waals surface area contributed by atoms with E-state index >= 15 is 0 Å². The lowest BCUT2D eigenvalue weighted by Gasteiger charge is -2.30. The summed E-state index contributed by atoms with van der Waals surface area (Å²) in [5, 5.41) is 10.9. The second-order valence-corrected chi connectivity index (χ2v) is 11.0. The second kappa shape index (κ2) is 8.32. The molecule has 2 aliphatic heterocycles. The fraction of sp³-hybridized carbons (Fsp3) is 0.609. The monoisotopic (exact) mass is 418 g/mol. The van der Waals surface area contributed by atoms with E-state index in [2.05, 4.69) is 46.4 Å². The molecule has 0 bridgehead atoms. The van der Waals surface area contributed by atoms with Gasteiger partial charge in [0.25, 0.3) is 5.91 Å². The number of benzene rings is 1. The molecule has 0 radical (unpaired) electrons. The molecule has 1 aromatic rings. The van der Waals surface area contributed by atoms with Crippen LogP contribution in [0.5, 0.6) is 5.75 Å². The zero-order valence-corrected chi connectivity index (χ0v) is 19.4. The number of hydrogen-bond donors (Lipinski definition) is 1. The third kappa shape index (κ3) is 5.16. The van der Waals surface area contributed by atoms with E-state index in [4.69, 9.17) is 4.74 Å². The number of aromatic hydroxyl groups is 1. The summed E-state index contributed by atoms with van der Waals surface area (Å²) in [7, 11) is 0. The Labute approximate surface area is 179 Å². The number of nitrogens with zero attached hydrogens (tertiary/aromatic N) is 2. The Balaban J connectivity index is 1.88. The van der Waals surface area contributed by atoms with Gasteiger partial charge in [0, 0.05) is 24.2 Å². The van der Waals surface area contributed by atoms with Gasteiger partial charge in [-0.3, -0.25) is 9.69 Å². The van der Waals surface area contributed by atoms with Crippen LogP contribution in [0.25, 0.3) is 6.08 Å². The van der Waals surface area contributed by atoms with E-state index in [-0.39, 0.29) is 16.7 Å². The lowest BCUT2D eigenvalue weighted by molar-refractivity contribution is -0.127. The molecule has 160 valence electrons. The number of phenols is 1. The summed E-state index contributed by atoms with van der Waals surface area (Å²) in [5.74, 6) is 1.13. The van der Waals surface area contributed by atoms with E-state index in [9.17, 15) is 9.90 Å². The Morgan fingerprint density at radius 3 is 2.14 bits per heavy atom. The number of amides is 1. The van der Waals surface area contributed by atoms with Crippen molar-refractivity contribution >= 4 is 23.7 Å². The summed E-state index contributed by atoms with van der Waals surface area (Å²) in [6.45, 7) is 16.5. The maximum Gasteiger partial charge on any atom is 0.262 e. The summed E-state index contributed by atoms with van der Waals surface area (Å²) in [5.41, 5.74) is 2.43. The average Bonchev–Trinajstić information content (AvgIpc) is 2.95. The van der Waals surface area contributed by atoms with Gasteiger partial charge in [0.2, 0.25) is 0 Å². The molecule has 0 aliphatic carbocycles. The third-order valence-corrected chi connectivity index (χ3v) is 6.44.